The molecule has 2 atom stereocenters. The molecule has 0 aliphatic carbocycles. The van der Waals surface area contributed by atoms with E-state index < -0.39 is 23.5 Å². The van der Waals surface area contributed by atoms with E-state index in [-0.39, 0.29) is 22.6 Å². The monoisotopic (exact) mass is 574 g/mol. The van der Waals surface area contributed by atoms with E-state index in [9.17, 15) is 19.1 Å². The number of hydrogen-bond donors (Lipinski definition) is 1. The van der Waals surface area contributed by atoms with Gasteiger partial charge >= 0.3 is 5.91 Å². The Hall–Kier alpha value is -4.44. The minimum absolute atomic E-state index is 0.00214. The number of halogens is 1. The fourth-order valence-electron chi connectivity index (χ4n) is 5.30. The number of hydrogen-bond acceptors (Lipinski definition) is 8. The van der Waals surface area contributed by atoms with Crippen LogP contribution in [0.25, 0.3) is 16.0 Å². The smallest absolute Gasteiger partial charge is 0.301 e. The fraction of sp³-hybridized carbons (Fsp3) is 0.258. The van der Waals surface area contributed by atoms with E-state index in [4.69, 9.17) is 14.2 Å². The van der Waals surface area contributed by atoms with Gasteiger partial charge in [0.25, 0.3) is 5.78 Å². The summed E-state index contributed by atoms with van der Waals surface area (Å²) < 4.78 is 31.8. The first-order valence-corrected chi connectivity index (χ1v) is 14.2. The van der Waals surface area contributed by atoms with Crippen LogP contribution in [-0.2, 0) is 16.0 Å². The number of benzene rings is 3. The van der Waals surface area contributed by atoms with Gasteiger partial charge in [0, 0.05) is 12.0 Å². The second-order valence-electron chi connectivity index (χ2n) is 9.80. The Kier molecular flexibility index (Phi) is 6.86. The first-order chi connectivity index (χ1) is 19.8. The Labute approximate surface area is 239 Å². The average molecular weight is 575 g/mol. The van der Waals surface area contributed by atoms with Crippen molar-refractivity contribution in [3.8, 4) is 17.2 Å². The molecule has 1 N–H and O–H groups in total. The van der Waals surface area contributed by atoms with Gasteiger partial charge in [0.15, 0.2) is 16.6 Å². The fourth-order valence-corrected chi connectivity index (χ4v) is 6.31. The zero-order chi connectivity index (χ0) is 28.8. The zero-order valence-electron chi connectivity index (χ0n) is 22.6. The molecule has 2 aliphatic rings. The van der Waals surface area contributed by atoms with Crippen LogP contribution in [0.1, 0.15) is 43.5 Å². The number of Topliss-reactive ketones (excluding diaryl/α,β-unsaturated/α-hetero) is 1. The minimum atomic E-state index is -1.03. The van der Waals surface area contributed by atoms with Crippen LogP contribution >= 0.6 is 11.3 Å². The van der Waals surface area contributed by atoms with Crippen molar-refractivity contribution in [2.45, 2.75) is 39.3 Å². The number of aromatic nitrogens is 1. The molecule has 0 unspecified atom stereocenters. The number of aliphatic hydroxyl groups is 1. The summed E-state index contributed by atoms with van der Waals surface area (Å²) in [5.41, 5.74) is 2.22. The number of aliphatic hydroxyl groups excluding tert-OH is 1. The Bertz CT molecular complexity index is 1730. The van der Waals surface area contributed by atoms with Crippen LogP contribution in [0.2, 0.25) is 0 Å². The Morgan fingerprint density at radius 2 is 1.85 bits per heavy atom. The van der Waals surface area contributed by atoms with Gasteiger partial charge < -0.3 is 19.3 Å². The molecule has 6 rings (SSSR count). The second-order valence-corrected chi connectivity index (χ2v) is 10.8. The third-order valence-corrected chi connectivity index (χ3v) is 8.06. The molecule has 41 heavy (non-hydrogen) atoms. The molecule has 1 amide bonds. The van der Waals surface area contributed by atoms with E-state index in [1.165, 1.54) is 23.1 Å². The maximum Gasteiger partial charge on any atom is 0.301 e. The van der Waals surface area contributed by atoms with E-state index in [1.54, 1.807) is 36.4 Å². The summed E-state index contributed by atoms with van der Waals surface area (Å²) >= 11 is 1.09. The molecule has 8 nitrogen and oxygen atoms in total. The highest BCUT2D eigenvalue weighted by molar-refractivity contribution is 7.22. The maximum atomic E-state index is 14.0. The molecule has 0 radical (unpaired) electrons. The van der Waals surface area contributed by atoms with Crippen LogP contribution < -0.4 is 19.1 Å². The van der Waals surface area contributed by atoms with Crippen LogP contribution in [0.15, 0.2) is 60.2 Å². The van der Waals surface area contributed by atoms with Crippen LogP contribution in [0.4, 0.5) is 9.52 Å². The van der Waals surface area contributed by atoms with E-state index >= 15 is 0 Å². The molecular formula is C31H27FN2O6S. The number of ether oxygens (including phenoxy) is 3. The highest BCUT2D eigenvalue weighted by Gasteiger charge is 2.48. The number of fused-ring (bicyclic) bond motifs is 2. The van der Waals surface area contributed by atoms with Crippen LogP contribution in [0.3, 0.4) is 0 Å². The lowest BCUT2D eigenvalue weighted by Gasteiger charge is -2.24. The third kappa shape index (κ3) is 4.67. The van der Waals surface area contributed by atoms with Crippen molar-refractivity contribution >= 4 is 44.1 Å². The number of rotatable bonds is 7. The lowest BCUT2D eigenvalue weighted by atomic mass is 9.94. The summed E-state index contributed by atoms with van der Waals surface area (Å²) in [6.07, 6.45) is 0.658. The van der Waals surface area contributed by atoms with Crippen molar-refractivity contribution < 1.29 is 33.3 Å². The van der Waals surface area contributed by atoms with Crippen LogP contribution in [-0.4, -0.2) is 41.1 Å². The van der Waals surface area contributed by atoms with Crippen molar-refractivity contribution in [3.05, 3.63) is 82.7 Å². The van der Waals surface area contributed by atoms with Gasteiger partial charge in [-0.15, -0.1) is 0 Å². The highest BCUT2D eigenvalue weighted by atomic mass is 32.1. The lowest BCUT2D eigenvalue weighted by molar-refractivity contribution is -0.132. The lowest BCUT2D eigenvalue weighted by Crippen LogP contribution is -2.29. The Morgan fingerprint density at radius 3 is 2.63 bits per heavy atom. The van der Waals surface area contributed by atoms with Gasteiger partial charge in [0.2, 0.25) is 0 Å². The van der Waals surface area contributed by atoms with Crippen molar-refractivity contribution in [2.24, 2.45) is 0 Å². The number of carbonyl (C=O) groups is 2. The molecule has 1 aromatic heterocycles. The van der Waals surface area contributed by atoms with Crippen LogP contribution in [0.5, 0.6) is 17.2 Å². The summed E-state index contributed by atoms with van der Waals surface area (Å²) in [4.78, 5) is 33.1. The van der Waals surface area contributed by atoms with Gasteiger partial charge in [-0.25, -0.2) is 9.37 Å². The van der Waals surface area contributed by atoms with Crippen molar-refractivity contribution in [3.63, 3.8) is 0 Å². The van der Waals surface area contributed by atoms with Gasteiger partial charge in [-0.05, 0) is 80.4 Å². The van der Waals surface area contributed by atoms with E-state index in [0.717, 1.165) is 22.6 Å². The normalized spacial score (nSPS) is 19.5. The molecule has 2 aliphatic heterocycles. The maximum absolute atomic E-state index is 14.0. The number of carbonyl (C=O) groups excluding carboxylic acids is 2. The first-order valence-electron chi connectivity index (χ1n) is 13.4. The number of thiazole rings is 1. The van der Waals surface area contributed by atoms with Gasteiger partial charge in [-0.3, -0.25) is 14.5 Å². The molecule has 0 bridgehead atoms. The molecule has 3 aromatic carbocycles. The summed E-state index contributed by atoms with van der Waals surface area (Å²) in [5.74, 6) is -0.770. The predicted octanol–water partition coefficient (Wildman–Crippen LogP) is 6.18. The van der Waals surface area contributed by atoms with Crippen molar-refractivity contribution in [1.82, 2.24) is 4.98 Å². The largest absolute Gasteiger partial charge is 0.507 e. The van der Waals surface area contributed by atoms with E-state index in [0.29, 0.717) is 52.5 Å². The topological polar surface area (TPSA) is 98.2 Å². The number of amides is 1. The van der Waals surface area contributed by atoms with Gasteiger partial charge in [-0.2, -0.15) is 0 Å². The van der Waals surface area contributed by atoms with Gasteiger partial charge in [0.05, 0.1) is 35.0 Å². The number of anilines is 1. The quantitative estimate of drug-likeness (QED) is 0.160. The van der Waals surface area contributed by atoms with E-state index in [2.05, 4.69) is 4.98 Å². The molecular weight excluding hydrogens is 547 g/mol. The Morgan fingerprint density at radius 1 is 1.07 bits per heavy atom. The van der Waals surface area contributed by atoms with Crippen molar-refractivity contribution in [2.75, 3.05) is 18.1 Å². The van der Waals surface area contributed by atoms with Crippen LogP contribution in [0, 0.1) is 5.82 Å². The molecule has 4 aromatic rings. The summed E-state index contributed by atoms with van der Waals surface area (Å²) in [6, 6.07) is 13.5. The molecule has 0 saturated carbocycles. The predicted molar refractivity (Wildman–Crippen MR) is 153 cm³/mol. The van der Waals surface area contributed by atoms with E-state index in [1.807, 2.05) is 20.8 Å². The van der Waals surface area contributed by atoms with Crippen molar-refractivity contribution in [1.29, 1.82) is 0 Å². The molecule has 210 valence electrons. The average Bonchev–Trinajstić information content (AvgIpc) is 3.61. The first kappa shape index (κ1) is 26.8. The second kappa shape index (κ2) is 10.5. The standard InChI is InChI=1S/C31H27FN2O6S/c1-4-38-23-11-6-17(14-24(23)39-5-2)27-26(28(35)18-7-10-22-19(13-18)12-16(3)40-22)29(36)30(37)34(27)31-33-21-9-8-20(32)15-25(21)41-31/h6-11,13-16,27,35H,4-5,12H2,1-3H3/b28-26+/t16-,27+/m0/s1. The highest BCUT2D eigenvalue weighted by Crippen LogP contribution is 2.46. The Balaban J connectivity index is 1.55. The molecule has 1 saturated heterocycles. The minimum Gasteiger partial charge on any atom is -0.507 e. The number of nitrogens with zero attached hydrogens (tertiary/aromatic N) is 2. The molecule has 10 heteroatoms. The van der Waals surface area contributed by atoms with Gasteiger partial charge in [-0.1, -0.05) is 17.4 Å². The zero-order valence-corrected chi connectivity index (χ0v) is 23.5. The molecule has 3 heterocycles. The molecule has 1 fully saturated rings. The number of ketones is 1. The molecule has 0 spiro atoms. The SMILES string of the molecule is CCOc1ccc([C@@H]2/C(=C(\O)c3ccc4c(c3)C[C@H](C)O4)C(=O)C(=O)N2c2nc3ccc(F)cc3s2)cc1OCC. The van der Waals surface area contributed by atoms with Gasteiger partial charge in [0.1, 0.15) is 23.4 Å². The summed E-state index contributed by atoms with van der Waals surface area (Å²) in [5, 5.41) is 11.8. The third-order valence-electron chi connectivity index (χ3n) is 7.04. The summed E-state index contributed by atoms with van der Waals surface area (Å²) in [7, 11) is 0. The summed E-state index contributed by atoms with van der Waals surface area (Å²) in [6.45, 7) is 6.43.